The summed E-state index contributed by atoms with van der Waals surface area (Å²) in [7, 11) is 0. The van der Waals surface area contributed by atoms with Crippen molar-refractivity contribution in [3.63, 3.8) is 0 Å². The SMILES string of the molecule is Cc1ccc(OCCCN2CCOCC2)cc1NC(=O)c1ccc(Nc2ncc(C)c(-c3ccc(OC(F)(F)F)cc3)n2)cc1. The van der Waals surface area contributed by atoms with Crippen molar-refractivity contribution in [2.75, 3.05) is 50.1 Å². The molecule has 1 amide bonds. The third kappa shape index (κ3) is 9.16. The Morgan fingerprint density at radius 1 is 0.956 bits per heavy atom. The van der Waals surface area contributed by atoms with Gasteiger partial charge < -0.3 is 24.8 Å². The predicted molar refractivity (Wildman–Crippen MR) is 165 cm³/mol. The summed E-state index contributed by atoms with van der Waals surface area (Å²) in [4.78, 5) is 24.3. The maximum atomic E-state index is 13.0. The van der Waals surface area contributed by atoms with Gasteiger partial charge in [-0.05, 0) is 86.0 Å². The first kappa shape index (κ1) is 31.7. The van der Waals surface area contributed by atoms with Gasteiger partial charge in [-0.3, -0.25) is 9.69 Å². The first-order chi connectivity index (χ1) is 21.6. The van der Waals surface area contributed by atoms with Gasteiger partial charge in [-0.25, -0.2) is 9.97 Å². The molecule has 9 nitrogen and oxygen atoms in total. The van der Waals surface area contributed by atoms with Crippen LogP contribution in [0.5, 0.6) is 11.5 Å². The number of nitrogens with zero attached hydrogens (tertiary/aromatic N) is 3. The average molecular weight is 622 g/mol. The third-order valence-corrected chi connectivity index (χ3v) is 7.18. The van der Waals surface area contributed by atoms with E-state index < -0.39 is 6.36 Å². The van der Waals surface area contributed by atoms with Crippen LogP contribution in [0.15, 0.2) is 72.9 Å². The summed E-state index contributed by atoms with van der Waals surface area (Å²) in [6, 6.07) is 18.0. The Balaban J connectivity index is 1.17. The molecule has 0 spiro atoms. The Hall–Kier alpha value is -4.68. The van der Waals surface area contributed by atoms with Gasteiger partial charge >= 0.3 is 6.36 Å². The maximum Gasteiger partial charge on any atom is 0.573 e. The van der Waals surface area contributed by atoms with E-state index in [1.54, 1.807) is 30.5 Å². The molecule has 0 atom stereocenters. The number of halogens is 3. The lowest BCUT2D eigenvalue weighted by Gasteiger charge is -2.26. The largest absolute Gasteiger partial charge is 0.573 e. The molecule has 3 aromatic carbocycles. The molecule has 12 heteroatoms. The van der Waals surface area contributed by atoms with E-state index in [0.717, 1.165) is 50.4 Å². The Bertz CT molecular complexity index is 1590. The Morgan fingerprint density at radius 3 is 2.38 bits per heavy atom. The van der Waals surface area contributed by atoms with E-state index in [1.165, 1.54) is 24.3 Å². The number of morpholine rings is 1. The highest BCUT2D eigenvalue weighted by atomic mass is 19.4. The smallest absolute Gasteiger partial charge is 0.493 e. The molecule has 45 heavy (non-hydrogen) atoms. The van der Waals surface area contributed by atoms with Crippen LogP contribution in [0.25, 0.3) is 11.3 Å². The highest BCUT2D eigenvalue weighted by molar-refractivity contribution is 6.05. The van der Waals surface area contributed by atoms with Crippen molar-refractivity contribution in [2.45, 2.75) is 26.6 Å². The van der Waals surface area contributed by atoms with Gasteiger partial charge in [-0.2, -0.15) is 0 Å². The molecular weight excluding hydrogens is 587 g/mol. The summed E-state index contributed by atoms with van der Waals surface area (Å²) in [5, 5.41) is 6.08. The number of carbonyl (C=O) groups excluding carboxylic acids is 1. The lowest BCUT2D eigenvalue weighted by molar-refractivity contribution is -0.274. The summed E-state index contributed by atoms with van der Waals surface area (Å²) in [6.45, 7) is 8.71. The highest BCUT2D eigenvalue weighted by Gasteiger charge is 2.31. The molecule has 0 bridgehead atoms. The minimum absolute atomic E-state index is 0.263. The normalized spacial score (nSPS) is 13.7. The number of rotatable bonds is 11. The molecule has 2 heterocycles. The van der Waals surface area contributed by atoms with Crippen LogP contribution < -0.4 is 20.1 Å². The van der Waals surface area contributed by atoms with Gasteiger partial charge in [-0.15, -0.1) is 13.2 Å². The predicted octanol–water partition coefficient (Wildman–Crippen LogP) is 6.76. The lowest BCUT2D eigenvalue weighted by Crippen LogP contribution is -2.37. The monoisotopic (exact) mass is 621 g/mol. The molecule has 1 aromatic heterocycles. The highest BCUT2D eigenvalue weighted by Crippen LogP contribution is 2.28. The minimum atomic E-state index is -4.76. The fraction of sp³-hybridized carbons (Fsp3) is 0.303. The number of aromatic nitrogens is 2. The molecule has 1 aliphatic heterocycles. The number of ether oxygens (including phenoxy) is 3. The topological polar surface area (TPSA) is 97.8 Å². The number of amides is 1. The van der Waals surface area contributed by atoms with E-state index in [4.69, 9.17) is 9.47 Å². The first-order valence-electron chi connectivity index (χ1n) is 14.5. The van der Waals surface area contributed by atoms with E-state index in [9.17, 15) is 18.0 Å². The van der Waals surface area contributed by atoms with Crippen LogP contribution in [0, 0.1) is 13.8 Å². The standard InChI is InChI=1S/C33H34F3N5O4/c1-22-4-11-28(44-17-3-14-41-15-18-43-19-16-41)20-29(22)39-31(42)25-5-9-26(10-6-25)38-32-37-21-23(2)30(40-32)24-7-12-27(13-8-24)45-33(34,35)36/h4-13,20-21H,3,14-19H2,1-2H3,(H,39,42)(H,37,38,40). The average Bonchev–Trinajstić information content (AvgIpc) is 3.02. The molecule has 236 valence electrons. The molecule has 1 saturated heterocycles. The van der Waals surface area contributed by atoms with Gasteiger partial charge in [0.2, 0.25) is 5.95 Å². The Kier molecular flexibility index (Phi) is 10.2. The van der Waals surface area contributed by atoms with Gasteiger partial charge in [0, 0.05) is 54.4 Å². The molecule has 0 saturated carbocycles. The molecule has 2 N–H and O–H groups in total. The van der Waals surface area contributed by atoms with Crippen molar-refractivity contribution in [3.8, 4) is 22.8 Å². The van der Waals surface area contributed by atoms with Crippen LogP contribution in [0.1, 0.15) is 27.9 Å². The number of alkyl halides is 3. The number of anilines is 3. The minimum Gasteiger partial charge on any atom is -0.493 e. The van der Waals surface area contributed by atoms with Gasteiger partial charge in [0.1, 0.15) is 11.5 Å². The van der Waals surface area contributed by atoms with Crippen molar-refractivity contribution in [3.05, 3.63) is 89.6 Å². The van der Waals surface area contributed by atoms with Crippen molar-refractivity contribution < 1.29 is 32.2 Å². The summed E-state index contributed by atoms with van der Waals surface area (Å²) < 4.78 is 52.8. The quantitative estimate of drug-likeness (QED) is 0.178. The van der Waals surface area contributed by atoms with Crippen LogP contribution in [-0.2, 0) is 4.74 Å². The van der Waals surface area contributed by atoms with Crippen LogP contribution >= 0.6 is 0 Å². The second-order valence-corrected chi connectivity index (χ2v) is 10.6. The summed E-state index contributed by atoms with van der Waals surface area (Å²) in [5.41, 5.74) is 4.61. The third-order valence-electron chi connectivity index (χ3n) is 7.18. The number of aryl methyl sites for hydroxylation is 2. The van der Waals surface area contributed by atoms with Crippen molar-refractivity contribution in [1.82, 2.24) is 14.9 Å². The van der Waals surface area contributed by atoms with E-state index in [0.29, 0.717) is 46.5 Å². The van der Waals surface area contributed by atoms with Gasteiger partial charge in [-0.1, -0.05) is 6.07 Å². The number of hydrogen-bond acceptors (Lipinski definition) is 8. The number of benzene rings is 3. The number of hydrogen-bond donors (Lipinski definition) is 2. The zero-order valence-electron chi connectivity index (χ0n) is 25.0. The van der Waals surface area contributed by atoms with Gasteiger partial charge in [0.25, 0.3) is 5.91 Å². The summed E-state index contributed by atoms with van der Waals surface area (Å²) in [5.74, 6) is 0.411. The van der Waals surface area contributed by atoms with Crippen molar-refractivity contribution in [2.24, 2.45) is 0 Å². The second-order valence-electron chi connectivity index (χ2n) is 10.6. The molecule has 0 aliphatic carbocycles. The maximum absolute atomic E-state index is 13.0. The fourth-order valence-electron chi connectivity index (χ4n) is 4.77. The fourth-order valence-corrected chi connectivity index (χ4v) is 4.77. The van der Waals surface area contributed by atoms with E-state index in [1.807, 2.05) is 32.0 Å². The molecule has 4 aromatic rings. The van der Waals surface area contributed by atoms with Crippen LogP contribution in [0.3, 0.4) is 0 Å². The number of carbonyl (C=O) groups is 1. The van der Waals surface area contributed by atoms with Crippen LogP contribution in [-0.4, -0.2) is 66.6 Å². The summed E-state index contributed by atoms with van der Waals surface area (Å²) in [6.07, 6.45) is -2.24. The Labute approximate surface area is 259 Å². The zero-order valence-corrected chi connectivity index (χ0v) is 25.0. The van der Waals surface area contributed by atoms with E-state index in [-0.39, 0.29) is 11.7 Å². The van der Waals surface area contributed by atoms with Crippen molar-refractivity contribution in [1.29, 1.82) is 0 Å². The molecule has 0 radical (unpaired) electrons. The molecular formula is C33H34F3N5O4. The molecule has 1 fully saturated rings. The van der Waals surface area contributed by atoms with Crippen LogP contribution in [0.2, 0.25) is 0 Å². The molecule has 1 aliphatic rings. The van der Waals surface area contributed by atoms with Gasteiger partial charge in [0.15, 0.2) is 0 Å². The van der Waals surface area contributed by atoms with E-state index in [2.05, 4.69) is 30.2 Å². The van der Waals surface area contributed by atoms with Gasteiger partial charge in [0.05, 0.1) is 25.5 Å². The summed E-state index contributed by atoms with van der Waals surface area (Å²) >= 11 is 0. The van der Waals surface area contributed by atoms with E-state index >= 15 is 0 Å². The first-order valence-corrected chi connectivity index (χ1v) is 14.5. The number of nitrogens with one attached hydrogen (secondary N) is 2. The van der Waals surface area contributed by atoms with Crippen LogP contribution in [0.4, 0.5) is 30.5 Å². The second kappa shape index (κ2) is 14.4. The Morgan fingerprint density at radius 2 is 1.67 bits per heavy atom. The zero-order chi connectivity index (χ0) is 31.8. The lowest BCUT2D eigenvalue weighted by atomic mass is 10.1. The molecule has 0 unspecified atom stereocenters. The molecule has 5 rings (SSSR count). The van der Waals surface area contributed by atoms with Crippen molar-refractivity contribution >= 4 is 23.2 Å².